The van der Waals surface area contributed by atoms with E-state index in [1.807, 2.05) is 24.3 Å². The number of thiazole rings is 1. The summed E-state index contributed by atoms with van der Waals surface area (Å²) in [4.78, 5) is 17.2. The summed E-state index contributed by atoms with van der Waals surface area (Å²) >= 11 is 1.37. The number of aromatic nitrogens is 1. The highest BCUT2D eigenvalue weighted by atomic mass is 32.1. The lowest BCUT2D eigenvalue weighted by molar-refractivity contribution is -0.116. The van der Waals surface area contributed by atoms with Crippen LogP contribution in [0.1, 0.15) is 28.3 Å². The van der Waals surface area contributed by atoms with Gasteiger partial charge in [-0.15, -0.1) is 0 Å². The molecule has 1 atom stereocenters. The van der Waals surface area contributed by atoms with E-state index in [1.165, 1.54) is 23.5 Å². The first-order chi connectivity index (χ1) is 12.6. The molecule has 2 heterocycles. The van der Waals surface area contributed by atoms with E-state index >= 15 is 0 Å². The number of carbonyl (C=O) groups excluding carboxylic acids is 1. The maximum absolute atomic E-state index is 13.0. The molecule has 0 aliphatic carbocycles. The van der Waals surface area contributed by atoms with Gasteiger partial charge in [0, 0.05) is 17.9 Å². The monoisotopic (exact) mass is 369 g/mol. The molecule has 0 unspecified atom stereocenters. The van der Waals surface area contributed by atoms with E-state index < -0.39 is 0 Å². The SMILES string of the molecule is Nc1nc2c(s1)[C@H](c1ccccc1OCc1ccc(F)cc1)CC(=O)N2. The molecule has 0 spiro atoms. The third-order valence-corrected chi connectivity index (χ3v) is 5.23. The van der Waals surface area contributed by atoms with Crippen LogP contribution >= 0.6 is 11.3 Å². The van der Waals surface area contributed by atoms with Crippen LogP contribution in [0.2, 0.25) is 0 Å². The van der Waals surface area contributed by atoms with Crippen LogP contribution in [-0.2, 0) is 11.4 Å². The van der Waals surface area contributed by atoms with Gasteiger partial charge in [0.15, 0.2) is 5.13 Å². The lowest BCUT2D eigenvalue weighted by atomic mass is 9.91. The lowest BCUT2D eigenvalue weighted by Crippen LogP contribution is -2.23. The number of anilines is 2. The highest BCUT2D eigenvalue weighted by Gasteiger charge is 2.31. The Morgan fingerprint density at radius 1 is 1.23 bits per heavy atom. The zero-order valence-corrected chi connectivity index (χ0v) is 14.6. The van der Waals surface area contributed by atoms with Gasteiger partial charge in [-0.3, -0.25) is 4.79 Å². The minimum Gasteiger partial charge on any atom is -0.489 e. The number of nitrogens with two attached hydrogens (primary N) is 1. The van der Waals surface area contributed by atoms with Crippen LogP contribution in [0.4, 0.5) is 15.3 Å². The number of halogens is 1. The zero-order chi connectivity index (χ0) is 18.1. The second-order valence-corrected chi connectivity index (χ2v) is 7.09. The number of nitrogens with zero attached hydrogens (tertiary/aromatic N) is 1. The Hall–Kier alpha value is -2.93. The molecule has 7 heteroatoms. The number of ether oxygens (including phenoxy) is 1. The van der Waals surface area contributed by atoms with Gasteiger partial charge in [0.1, 0.15) is 24.0 Å². The number of hydrogen-bond donors (Lipinski definition) is 2. The van der Waals surface area contributed by atoms with Crippen LogP contribution < -0.4 is 15.8 Å². The predicted octanol–water partition coefficient (Wildman–Crippen LogP) is 3.92. The topological polar surface area (TPSA) is 77.2 Å². The van der Waals surface area contributed by atoms with Gasteiger partial charge in [-0.2, -0.15) is 0 Å². The van der Waals surface area contributed by atoms with Crippen molar-refractivity contribution < 1.29 is 13.9 Å². The molecule has 0 saturated heterocycles. The molecule has 0 bridgehead atoms. The molecule has 1 aliphatic rings. The summed E-state index contributed by atoms with van der Waals surface area (Å²) in [5, 5.41) is 3.19. The van der Waals surface area contributed by atoms with Crippen molar-refractivity contribution in [2.45, 2.75) is 18.9 Å². The van der Waals surface area contributed by atoms with E-state index in [-0.39, 0.29) is 17.6 Å². The van der Waals surface area contributed by atoms with Gasteiger partial charge in [-0.1, -0.05) is 41.7 Å². The summed E-state index contributed by atoms with van der Waals surface area (Å²) in [6.45, 7) is 0.313. The highest BCUT2D eigenvalue weighted by Crippen LogP contribution is 2.44. The Kier molecular flexibility index (Phi) is 4.30. The Labute approximate surface area is 153 Å². The summed E-state index contributed by atoms with van der Waals surface area (Å²) in [5.41, 5.74) is 7.60. The normalized spacial score (nSPS) is 16.0. The number of nitrogen functional groups attached to an aromatic ring is 1. The summed E-state index contributed by atoms with van der Waals surface area (Å²) in [6.07, 6.45) is 0.311. The molecule has 5 nitrogen and oxygen atoms in total. The number of rotatable bonds is 4. The average Bonchev–Trinajstić information content (AvgIpc) is 3.01. The molecule has 1 aromatic heterocycles. The summed E-state index contributed by atoms with van der Waals surface area (Å²) in [6, 6.07) is 13.8. The van der Waals surface area contributed by atoms with E-state index in [2.05, 4.69) is 10.3 Å². The number of carbonyl (C=O) groups is 1. The average molecular weight is 369 g/mol. The molecular weight excluding hydrogens is 353 g/mol. The molecule has 1 aliphatic heterocycles. The number of benzene rings is 2. The number of hydrogen-bond acceptors (Lipinski definition) is 5. The van der Waals surface area contributed by atoms with Crippen molar-refractivity contribution in [1.29, 1.82) is 0 Å². The van der Waals surface area contributed by atoms with Crippen LogP contribution in [-0.4, -0.2) is 10.9 Å². The summed E-state index contributed by atoms with van der Waals surface area (Å²) < 4.78 is 19.0. The van der Waals surface area contributed by atoms with E-state index in [1.54, 1.807) is 12.1 Å². The maximum Gasteiger partial charge on any atom is 0.226 e. The van der Waals surface area contributed by atoms with Gasteiger partial charge in [-0.05, 0) is 23.8 Å². The van der Waals surface area contributed by atoms with Crippen molar-refractivity contribution >= 4 is 28.2 Å². The molecule has 0 saturated carbocycles. The van der Waals surface area contributed by atoms with E-state index in [0.29, 0.717) is 29.7 Å². The van der Waals surface area contributed by atoms with E-state index in [4.69, 9.17) is 10.5 Å². The minimum absolute atomic E-state index is 0.0962. The van der Waals surface area contributed by atoms with Crippen molar-refractivity contribution in [2.24, 2.45) is 0 Å². The van der Waals surface area contributed by atoms with E-state index in [9.17, 15) is 9.18 Å². The maximum atomic E-state index is 13.0. The number of fused-ring (bicyclic) bond motifs is 1. The molecule has 2 aromatic carbocycles. The molecule has 132 valence electrons. The molecule has 26 heavy (non-hydrogen) atoms. The smallest absolute Gasteiger partial charge is 0.226 e. The fraction of sp³-hybridized carbons (Fsp3) is 0.158. The van der Waals surface area contributed by atoms with Gasteiger partial charge in [-0.25, -0.2) is 9.37 Å². The predicted molar refractivity (Wildman–Crippen MR) is 98.8 cm³/mol. The van der Waals surface area contributed by atoms with Gasteiger partial charge in [0.05, 0.1) is 4.88 Å². The van der Waals surface area contributed by atoms with Crippen LogP contribution in [0.5, 0.6) is 5.75 Å². The first-order valence-electron chi connectivity index (χ1n) is 8.12. The number of nitrogens with one attached hydrogen (secondary N) is 1. The third-order valence-electron chi connectivity index (χ3n) is 4.24. The molecule has 4 rings (SSSR count). The van der Waals surface area contributed by atoms with Crippen molar-refractivity contribution in [2.75, 3.05) is 11.1 Å². The fourth-order valence-corrected chi connectivity index (χ4v) is 3.94. The molecule has 3 aromatic rings. The van der Waals surface area contributed by atoms with Crippen LogP contribution in [0.3, 0.4) is 0 Å². The first-order valence-corrected chi connectivity index (χ1v) is 8.94. The Bertz CT molecular complexity index is 956. The minimum atomic E-state index is -0.280. The first kappa shape index (κ1) is 16.5. The van der Waals surface area contributed by atoms with Crippen molar-refractivity contribution in [3.05, 3.63) is 70.4 Å². The quantitative estimate of drug-likeness (QED) is 0.731. The highest BCUT2D eigenvalue weighted by molar-refractivity contribution is 7.16. The van der Waals surface area contributed by atoms with Crippen molar-refractivity contribution in [1.82, 2.24) is 4.98 Å². The Morgan fingerprint density at radius 2 is 2.00 bits per heavy atom. The molecule has 1 amide bonds. The molecule has 0 fully saturated rings. The number of amides is 1. The van der Waals surface area contributed by atoms with Gasteiger partial charge < -0.3 is 15.8 Å². The largest absolute Gasteiger partial charge is 0.489 e. The number of para-hydroxylation sites is 1. The molecule has 3 N–H and O–H groups in total. The summed E-state index contributed by atoms with van der Waals surface area (Å²) in [7, 11) is 0. The van der Waals surface area contributed by atoms with Gasteiger partial charge >= 0.3 is 0 Å². The van der Waals surface area contributed by atoms with Gasteiger partial charge in [0.2, 0.25) is 5.91 Å². The summed E-state index contributed by atoms with van der Waals surface area (Å²) in [5.74, 6) is 0.688. The Morgan fingerprint density at radius 3 is 2.81 bits per heavy atom. The van der Waals surface area contributed by atoms with E-state index in [0.717, 1.165) is 16.0 Å². The van der Waals surface area contributed by atoms with Gasteiger partial charge in [0.25, 0.3) is 0 Å². The van der Waals surface area contributed by atoms with Crippen molar-refractivity contribution in [3.63, 3.8) is 0 Å². The third kappa shape index (κ3) is 3.25. The van der Waals surface area contributed by atoms with Crippen LogP contribution in [0.15, 0.2) is 48.5 Å². The van der Waals surface area contributed by atoms with Crippen molar-refractivity contribution in [3.8, 4) is 5.75 Å². The van der Waals surface area contributed by atoms with Crippen LogP contribution in [0, 0.1) is 5.82 Å². The molecular formula is C19H16FN3O2S. The fourth-order valence-electron chi connectivity index (χ4n) is 3.03. The van der Waals surface area contributed by atoms with Crippen LogP contribution in [0.25, 0.3) is 0 Å². The second kappa shape index (κ2) is 6.76. The lowest BCUT2D eigenvalue weighted by Gasteiger charge is -2.23. The zero-order valence-electron chi connectivity index (χ0n) is 13.7. The molecule has 0 radical (unpaired) electrons. The Balaban J connectivity index is 1.63. The standard InChI is InChI=1S/C19H16FN3O2S/c20-12-7-5-11(6-8-12)10-25-15-4-2-1-3-13(15)14-9-16(24)22-18-17(14)26-19(21)23-18/h1-8,14H,9-10H2,(H2,21,23)(H,22,24)/t14-/m0/s1. The second-order valence-electron chi connectivity index (χ2n) is 6.02.